The highest BCUT2D eigenvalue weighted by molar-refractivity contribution is 6.06. The molecule has 0 aliphatic heterocycles. The molecule has 0 unspecified atom stereocenters. The van der Waals surface area contributed by atoms with Crippen LogP contribution in [0, 0.1) is 0 Å². The normalized spacial score (nSPS) is 10.3. The first-order valence-electron chi connectivity index (χ1n) is 8.02. The van der Waals surface area contributed by atoms with E-state index >= 15 is 0 Å². The monoisotopic (exact) mass is 366 g/mol. The Kier molecular flexibility index (Phi) is 5.02. The lowest BCUT2D eigenvalue weighted by molar-refractivity contribution is -0.114. The molecule has 9 nitrogen and oxygen atoms in total. The van der Waals surface area contributed by atoms with Gasteiger partial charge in [-0.3, -0.25) is 9.59 Å². The van der Waals surface area contributed by atoms with E-state index < -0.39 is 5.91 Å². The summed E-state index contributed by atoms with van der Waals surface area (Å²) in [5, 5.41) is 13.2. The first-order valence-corrected chi connectivity index (χ1v) is 8.02. The Bertz CT molecular complexity index is 964. The molecule has 2 amide bonds. The van der Waals surface area contributed by atoms with E-state index in [1.807, 2.05) is 0 Å². The molecule has 27 heavy (non-hydrogen) atoms. The van der Waals surface area contributed by atoms with Crippen molar-refractivity contribution >= 4 is 29.0 Å². The van der Waals surface area contributed by atoms with Gasteiger partial charge in [-0.25, -0.2) is 0 Å². The number of benzene rings is 2. The van der Waals surface area contributed by atoms with Crippen LogP contribution in [0.4, 0.5) is 17.2 Å². The van der Waals surface area contributed by atoms with Gasteiger partial charge in [0.2, 0.25) is 5.91 Å². The van der Waals surface area contributed by atoms with E-state index in [9.17, 15) is 9.59 Å². The summed E-state index contributed by atoms with van der Waals surface area (Å²) in [6, 6.07) is 13.7. The van der Waals surface area contributed by atoms with Crippen LogP contribution in [0.3, 0.4) is 0 Å². The minimum Gasteiger partial charge on any atom is -0.497 e. The number of anilines is 3. The molecular weight excluding hydrogens is 348 g/mol. The summed E-state index contributed by atoms with van der Waals surface area (Å²) in [5.74, 6) is 0.153. The Morgan fingerprint density at radius 1 is 1.00 bits per heavy atom. The number of nitrogens with zero attached hydrogens (tertiary/aromatic N) is 3. The highest BCUT2D eigenvalue weighted by Crippen LogP contribution is 2.20. The molecule has 4 N–H and O–H groups in total. The minimum atomic E-state index is -0.487. The van der Waals surface area contributed by atoms with Crippen molar-refractivity contribution in [2.24, 2.45) is 0 Å². The van der Waals surface area contributed by atoms with Crippen LogP contribution in [0.2, 0.25) is 0 Å². The van der Waals surface area contributed by atoms with Crippen LogP contribution >= 0.6 is 0 Å². The molecule has 3 aromatic rings. The van der Waals surface area contributed by atoms with E-state index in [0.717, 1.165) is 0 Å². The molecule has 138 valence electrons. The fraction of sp³-hybridized carbons (Fsp3) is 0.111. The summed E-state index contributed by atoms with van der Waals surface area (Å²) in [6.45, 7) is 1.42. The molecule has 3 rings (SSSR count). The van der Waals surface area contributed by atoms with Crippen LogP contribution in [-0.4, -0.2) is 33.9 Å². The molecule has 0 spiro atoms. The van der Waals surface area contributed by atoms with Gasteiger partial charge in [-0.2, -0.15) is 4.68 Å². The van der Waals surface area contributed by atoms with Crippen LogP contribution < -0.4 is 21.1 Å². The van der Waals surface area contributed by atoms with E-state index in [0.29, 0.717) is 22.8 Å². The molecule has 0 radical (unpaired) electrons. The van der Waals surface area contributed by atoms with Crippen LogP contribution in [0.25, 0.3) is 5.69 Å². The molecule has 0 bridgehead atoms. The topological polar surface area (TPSA) is 124 Å². The third-order valence-electron chi connectivity index (χ3n) is 3.70. The zero-order valence-electron chi connectivity index (χ0n) is 14.8. The smallest absolute Gasteiger partial charge is 0.280 e. The quantitative estimate of drug-likeness (QED) is 0.635. The number of carbonyl (C=O) groups excluding carboxylic acids is 2. The van der Waals surface area contributed by atoms with Crippen molar-refractivity contribution in [1.82, 2.24) is 15.0 Å². The van der Waals surface area contributed by atoms with Gasteiger partial charge < -0.3 is 21.1 Å². The second-order valence-electron chi connectivity index (χ2n) is 5.65. The lowest BCUT2D eigenvalue weighted by Gasteiger charge is -2.07. The summed E-state index contributed by atoms with van der Waals surface area (Å²) >= 11 is 0. The molecule has 9 heteroatoms. The van der Waals surface area contributed by atoms with Crippen LogP contribution in [0.1, 0.15) is 17.4 Å². The molecule has 2 aromatic carbocycles. The van der Waals surface area contributed by atoms with Crippen molar-refractivity contribution in [3.8, 4) is 11.4 Å². The third kappa shape index (κ3) is 4.03. The van der Waals surface area contributed by atoms with E-state index in [1.54, 1.807) is 55.6 Å². The van der Waals surface area contributed by atoms with Crippen molar-refractivity contribution in [3.63, 3.8) is 0 Å². The highest BCUT2D eigenvalue weighted by atomic mass is 16.5. The second-order valence-corrected chi connectivity index (χ2v) is 5.65. The average molecular weight is 366 g/mol. The molecule has 0 saturated heterocycles. The lowest BCUT2D eigenvalue weighted by Crippen LogP contribution is -2.15. The summed E-state index contributed by atoms with van der Waals surface area (Å²) in [7, 11) is 1.57. The van der Waals surface area contributed by atoms with Crippen molar-refractivity contribution < 1.29 is 14.3 Å². The number of hydrogen-bond acceptors (Lipinski definition) is 6. The standard InChI is InChI=1S/C18H18N6O3/c1-11(25)20-12-3-5-13(6-4-12)21-18(26)16-17(19)24(23-22-16)14-7-9-15(27-2)10-8-14/h3-10H,19H2,1-2H3,(H,20,25)(H,21,26). The number of nitrogen functional groups attached to an aromatic ring is 1. The lowest BCUT2D eigenvalue weighted by atomic mass is 10.2. The Hall–Kier alpha value is -3.88. The number of hydrogen-bond donors (Lipinski definition) is 3. The summed E-state index contributed by atoms with van der Waals surface area (Å²) in [6.07, 6.45) is 0. The number of nitrogens with two attached hydrogens (primary N) is 1. The number of nitrogens with one attached hydrogen (secondary N) is 2. The molecule has 0 aliphatic carbocycles. The SMILES string of the molecule is COc1ccc(-n2nnc(C(=O)Nc3ccc(NC(C)=O)cc3)c2N)cc1. The first-order chi connectivity index (χ1) is 13.0. The van der Waals surface area contributed by atoms with Gasteiger partial charge in [0.1, 0.15) is 5.75 Å². The number of methoxy groups -OCH3 is 1. The maximum absolute atomic E-state index is 12.4. The molecule has 1 aromatic heterocycles. The molecular formula is C18H18N6O3. The Labute approximate surface area is 155 Å². The number of amides is 2. The molecule has 0 atom stereocenters. The summed E-state index contributed by atoms with van der Waals surface area (Å²) < 4.78 is 6.48. The van der Waals surface area contributed by atoms with Gasteiger partial charge >= 0.3 is 0 Å². The van der Waals surface area contributed by atoms with Crippen LogP contribution in [0.5, 0.6) is 5.75 Å². The van der Waals surface area contributed by atoms with Crippen LogP contribution in [0.15, 0.2) is 48.5 Å². The van der Waals surface area contributed by atoms with E-state index in [-0.39, 0.29) is 17.4 Å². The van der Waals surface area contributed by atoms with E-state index in [1.165, 1.54) is 11.6 Å². The number of carbonyl (C=O) groups is 2. The molecule has 0 fully saturated rings. The van der Waals surface area contributed by atoms with Gasteiger partial charge in [0.15, 0.2) is 11.5 Å². The maximum Gasteiger partial charge on any atom is 0.280 e. The highest BCUT2D eigenvalue weighted by Gasteiger charge is 2.18. The summed E-state index contributed by atoms with van der Waals surface area (Å²) in [5.41, 5.74) is 7.87. The largest absolute Gasteiger partial charge is 0.497 e. The van der Waals surface area contributed by atoms with Gasteiger partial charge in [-0.05, 0) is 48.5 Å². The van der Waals surface area contributed by atoms with Gasteiger partial charge in [0, 0.05) is 18.3 Å². The van der Waals surface area contributed by atoms with Crippen molar-refractivity contribution in [2.45, 2.75) is 6.92 Å². The predicted molar refractivity (Wildman–Crippen MR) is 101 cm³/mol. The van der Waals surface area contributed by atoms with Crippen LogP contribution in [-0.2, 0) is 4.79 Å². The van der Waals surface area contributed by atoms with Crippen molar-refractivity contribution in [1.29, 1.82) is 0 Å². The number of rotatable bonds is 5. The fourth-order valence-electron chi connectivity index (χ4n) is 2.40. The third-order valence-corrected chi connectivity index (χ3v) is 3.70. The first kappa shape index (κ1) is 17.9. The average Bonchev–Trinajstić information content (AvgIpc) is 3.04. The zero-order chi connectivity index (χ0) is 19.4. The predicted octanol–water partition coefficient (Wildman–Crippen LogP) is 2.07. The van der Waals surface area contributed by atoms with Gasteiger partial charge in [0.05, 0.1) is 12.8 Å². The number of aromatic nitrogens is 3. The number of ether oxygens (including phenoxy) is 1. The van der Waals surface area contributed by atoms with Crippen molar-refractivity contribution in [2.75, 3.05) is 23.5 Å². The fourth-order valence-corrected chi connectivity index (χ4v) is 2.40. The Morgan fingerprint density at radius 3 is 2.15 bits per heavy atom. The minimum absolute atomic E-state index is 0.0109. The second kappa shape index (κ2) is 7.56. The molecule has 0 saturated carbocycles. The van der Waals surface area contributed by atoms with Gasteiger partial charge in [-0.15, -0.1) is 5.10 Å². The van der Waals surface area contributed by atoms with E-state index in [2.05, 4.69) is 20.9 Å². The van der Waals surface area contributed by atoms with Crippen molar-refractivity contribution in [3.05, 3.63) is 54.2 Å². The summed E-state index contributed by atoms with van der Waals surface area (Å²) in [4.78, 5) is 23.5. The Morgan fingerprint density at radius 2 is 1.59 bits per heavy atom. The maximum atomic E-state index is 12.4. The van der Waals surface area contributed by atoms with Gasteiger partial charge in [-0.1, -0.05) is 5.21 Å². The Balaban J connectivity index is 1.75. The molecule has 0 aliphatic rings. The zero-order valence-corrected chi connectivity index (χ0v) is 14.8. The molecule has 1 heterocycles. The van der Waals surface area contributed by atoms with Gasteiger partial charge in [0.25, 0.3) is 5.91 Å². The van der Waals surface area contributed by atoms with E-state index in [4.69, 9.17) is 10.5 Å².